The smallest absolute Gasteiger partial charge is 0.136 e. The molecule has 0 amide bonds. The zero-order chi connectivity index (χ0) is 9.97. The average Bonchev–Trinajstić information content (AvgIpc) is 2.56. The Labute approximate surface area is 83.9 Å². The molecule has 2 nitrogen and oxygen atoms in total. The number of ketones is 1. The van der Waals surface area contributed by atoms with Crippen LogP contribution in [0.3, 0.4) is 0 Å². The third kappa shape index (κ3) is 1.95. The highest BCUT2D eigenvalue weighted by Crippen LogP contribution is 2.24. The molecule has 1 aliphatic carbocycles. The number of hydrogen-bond donors (Lipinski definition) is 0. The van der Waals surface area contributed by atoms with Crippen LogP contribution in [0.25, 0.3) is 0 Å². The second kappa shape index (κ2) is 3.82. The van der Waals surface area contributed by atoms with Crippen LogP contribution in [0.1, 0.15) is 24.8 Å². The van der Waals surface area contributed by atoms with Crippen LogP contribution in [-0.4, -0.2) is 11.9 Å². The summed E-state index contributed by atoms with van der Waals surface area (Å²) in [6.45, 7) is 2.02. The number of carbonyl (C=O) groups excluding carboxylic acids is 1. The van der Waals surface area contributed by atoms with Crippen molar-refractivity contribution in [1.82, 2.24) is 0 Å². The molecule has 1 unspecified atom stereocenters. The molecule has 14 heavy (non-hydrogen) atoms. The Morgan fingerprint density at radius 3 is 2.79 bits per heavy atom. The van der Waals surface area contributed by atoms with Crippen molar-refractivity contribution < 1.29 is 9.53 Å². The molecule has 1 fully saturated rings. The van der Waals surface area contributed by atoms with E-state index in [1.54, 1.807) is 0 Å². The maximum Gasteiger partial charge on any atom is 0.136 e. The van der Waals surface area contributed by atoms with Crippen molar-refractivity contribution in [2.45, 2.75) is 32.3 Å². The van der Waals surface area contributed by atoms with Crippen LogP contribution in [0, 0.1) is 6.92 Å². The van der Waals surface area contributed by atoms with Crippen LogP contribution in [0.4, 0.5) is 0 Å². The molecular weight excluding hydrogens is 176 g/mol. The van der Waals surface area contributed by atoms with Gasteiger partial charge in [-0.15, -0.1) is 0 Å². The first kappa shape index (κ1) is 9.25. The maximum absolute atomic E-state index is 11.0. The molecule has 0 aliphatic heterocycles. The number of ether oxygens (including phenoxy) is 1. The second-order valence-electron chi connectivity index (χ2n) is 3.79. The molecule has 2 heteroatoms. The van der Waals surface area contributed by atoms with Crippen molar-refractivity contribution in [2.75, 3.05) is 0 Å². The summed E-state index contributed by atoms with van der Waals surface area (Å²) in [7, 11) is 0. The molecule has 1 atom stereocenters. The fraction of sp³-hybridized carbons (Fsp3) is 0.417. The quantitative estimate of drug-likeness (QED) is 0.716. The van der Waals surface area contributed by atoms with Gasteiger partial charge in [-0.3, -0.25) is 4.79 Å². The van der Waals surface area contributed by atoms with E-state index in [0.29, 0.717) is 18.6 Å². The molecule has 0 bridgehead atoms. The number of aryl methyl sites for hydroxylation is 1. The van der Waals surface area contributed by atoms with Crippen molar-refractivity contribution in [3.8, 4) is 5.75 Å². The van der Waals surface area contributed by atoms with Crippen LogP contribution >= 0.6 is 0 Å². The van der Waals surface area contributed by atoms with Crippen molar-refractivity contribution in [2.24, 2.45) is 0 Å². The van der Waals surface area contributed by atoms with Crippen molar-refractivity contribution in [3.05, 3.63) is 29.8 Å². The van der Waals surface area contributed by atoms with Gasteiger partial charge in [-0.2, -0.15) is 0 Å². The summed E-state index contributed by atoms with van der Waals surface area (Å²) < 4.78 is 5.76. The molecule has 74 valence electrons. The summed E-state index contributed by atoms with van der Waals surface area (Å²) in [4.78, 5) is 11.0. The first-order valence-corrected chi connectivity index (χ1v) is 4.99. The predicted molar refractivity (Wildman–Crippen MR) is 54.5 cm³/mol. The van der Waals surface area contributed by atoms with Gasteiger partial charge in [0.05, 0.1) is 0 Å². The Morgan fingerprint density at radius 2 is 2.14 bits per heavy atom. The lowest BCUT2D eigenvalue weighted by Crippen LogP contribution is -2.12. The third-order valence-electron chi connectivity index (χ3n) is 2.59. The number of Topliss-reactive ketones (excluding diaryl/α,β-unsaturated/α-hetero) is 1. The van der Waals surface area contributed by atoms with Gasteiger partial charge in [0.1, 0.15) is 17.6 Å². The highest BCUT2D eigenvalue weighted by molar-refractivity contribution is 5.81. The van der Waals surface area contributed by atoms with Crippen molar-refractivity contribution in [3.63, 3.8) is 0 Å². The van der Waals surface area contributed by atoms with Gasteiger partial charge in [-0.05, 0) is 25.0 Å². The Hall–Kier alpha value is -1.31. The van der Waals surface area contributed by atoms with Crippen LogP contribution in [0.2, 0.25) is 0 Å². The summed E-state index contributed by atoms with van der Waals surface area (Å²) in [5, 5.41) is 0. The van der Waals surface area contributed by atoms with Crippen LogP contribution < -0.4 is 4.74 Å². The summed E-state index contributed by atoms with van der Waals surface area (Å²) in [6.07, 6.45) is 2.22. The topological polar surface area (TPSA) is 26.3 Å². The fourth-order valence-corrected chi connectivity index (χ4v) is 1.75. The summed E-state index contributed by atoms with van der Waals surface area (Å²) in [5.41, 5.74) is 1.13. The number of para-hydroxylation sites is 1. The Morgan fingerprint density at radius 1 is 1.36 bits per heavy atom. The molecule has 2 rings (SSSR count). The SMILES string of the molecule is Cc1ccccc1OC1CCC(=O)C1. The van der Waals surface area contributed by atoms with Crippen molar-refractivity contribution in [1.29, 1.82) is 0 Å². The normalized spacial score (nSPS) is 21.2. The summed E-state index contributed by atoms with van der Waals surface area (Å²) in [6, 6.07) is 7.92. The molecule has 0 spiro atoms. The number of hydrogen-bond acceptors (Lipinski definition) is 2. The minimum atomic E-state index is 0.101. The molecule has 1 saturated carbocycles. The largest absolute Gasteiger partial charge is 0.490 e. The van der Waals surface area contributed by atoms with Crippen LogP contribution in [0.15, 0.2) is 24.3 Å². The molecule has 0 N–H and O–H groups in total. The van der Waals surface area contributed by atoms with Gasteiger partial charge in [-0.1, -0.05) is 18.2 Å². The predicted octanol–water partition coefficient (Wildman–Crippen LogP) is 2.50. The first-order valence-electron chi connectivity index (χ1n) is 4.99. The molecule has 1 aromatic carbocycles. The summed E-state index contributed by atoms with van der Waals surface area (Å²) >= 11 is 0. The molecule has 1 aromatic rings. The maximum atomic E-state index is 11.0. The Balaban J connectivity index is 2.04. The highest BCUT2D eigenvalue weighted by Gasteiger charge is 2.23. The molecule has 0 aromatic heterocycles. The van der Waals surface area contributed by atoms with Gasteiger partial charge in [0.15, 0.2) is 0 Å². The van der Waals surface area contributed by atoms with E-state index in [0.717, 1.165) is 17.7 Å². The summed E-state index contributed by atoms with van der Waals surface area (Å²) in [5.74, 6) is 1.23. The molecule has 0 heterocycles. The third-order valence-corrected chi connectivity index (χ3v) is 2.59. The molecule has 0 radical (unpaired) electrons. The lowest BCUT2D eigenvalue weighted by atomic mass is 10.2. The Kier molecular flexibility index (Phi) is 2.53. The van der Waals surface area contributed by atoms with Gasteiger partial charge >= 0.3 is 0 Å². The lowest BCUT2D eigenvalue weighted by Gasteiger charge is -2.13. The minimum Gasteiger partial charge on any atom is -0.490 e. The standard InChI is InChI=1S/C12H14O2/c1-9-4-2-3-5-12(9)14-11-7-6-10(13)8-11/h2-5,11H,6-8H2,1H3. The van der Waals surface area contributed by atoms with E-state index in [-0.39, 0.29) is 6.10 Å². The van der Waals surface area contributed by atoms with E-state index in [4.69, 9.17) is 4.74 Å². The molecular formula is C12H14O2. The fourth-order valence-electron chi connectivity index (χ4n) is 1.75. The van der Waals surface area contributed by atoms with Gasteiger partial charge in [-0.25, -0.2) is 0 Å². The molecule has 0 saturated heterocycles. The van der Waals surface area contributed by atoms with Gasteiger partial charge in [0, 0.05) is 12.8 Å². The average molecular weight is 190 g/mol. The van der Waals surface area contributed by atoms with Gasteiger partial charge in [0.25, 0.3) is 0 Å². The second-order valence-corrected chi connectivity index (χ2v) is 3.79. The lowest BCUT2D eigenvalue weighted by molar-refractivity contribution is -0.117. The zero-order valence-electron chi connectivity index (χ0n) is 8.32. The minimum absolute atomic E-state index is 0.101. The van der Waals surface area contributed by atoms with Gasteiger partial charge < -0.3 is 4.74 Å². The van der Waals surface area contributed by atoms with E-state index in [1.165, 1.54) is 0 Å². The Bertz CT molecular complexity index is 344. The zero-order valence-corrected chi connectivity index (χ0v) is 8.32. The van der Waals surface area contributed by atoms with Gasteiger partial charge in [0.2, 0.25) is 0 Å². The number of rotatable bonds is 2. The van der Waals surface area contributed by atoms with E-state index < -0.39 is 0 Å². The molecule has 1 aliphatic rings. The number of benzene rings is 1. The van der Waals surface area contributed by atoms with E-state index >= 15 is 0 Å². The van der Waals surface area contributed by atoms with E-state index in [9.17, 15) is 4.79 Å². The highest BCUT2D eigenvalue weighted by atomic mass is 16.5. The van der Waals surface area contributed by atoms with Crippen LogP contribution in [0.5, 0.6) is 5.75 Å². The first-order chi connectivity index (χ1) is 6.75. The monoisotopic (exact) mass is 190 g/mol. The van der Waals surface area contributed by atoms with Crippen LogP contribution in [-0.2, 0) is 4.79 Å². The van der Waals surface area contributed by atoms with E-state index in [2.05, 4.69) is 0 Å². The van der Waals surface area contributed by atoms with E-state index in [1.807, 2.05) is 31.2 Å². The number of carbonyl (C=O) groups is 1. The van der Waals surface area contributed by atoms with Crippen molar-refractivity contribution >= 4 is 5.78 Å².